The molecule has 1 saturated carbocycles. The minimum absolute atomic E-state index is 0.0561. The normalized spacial score (nSPS) is 53.5. The zero-order valence-corrected chi connectivity index (χ0v) is 7.08. The molecule has 1 heteroatoms. The third-order valence-corrected chi connectivity index (χ3v) is 3.79. The maximum Gasteiger partial charge on any atom is 0.126 e. The van der Waals surface area contributed by atoms with Crippen molar-refractivity contribution in [2.75, 3.05) is 0 Å². The summed E-state index contributed by atoms with van der Waals surface area (Å²) < 4.78 is 0. The Morgan fingerprint density at radius 1 is 1.55 bits per heavy atom. The molecule has 2 aliphatic carbocycles. The minimum atomic E-state index is -0.0561. The van der Waals surface area contributed by atoms with Crippen molar-refractivity contribution in [3.63, 3.8) is 0 Å². The smallest absolute Gasteiger partial charge is 0.126 e. The summed E-state index contributed by atoms with van der Waals surface area (Å²) in [5.74, 6) is 1.75. The van der Waals surface area contributed by atoms with Crippen LogP contribution in [-0.2, 0) is 4.79 Å². The number of hydrogen-bond acceptors (Lipinski definition) is 1. The number of carbonyl (C=O) groups is 1. The first-order chi connectivity index (χ1) is 5.18. The fourth-order valence-electron chi connectivity index (χ4n) is 2.55. The Bertz CT molecular complexity index is 219. The van der Waals surface area contributed by atoms with Crippen molar-refractivity contribution in [1.29, 1.82) is 0 Å². The van der Waals surface area contributed by atoms with Crippen LogP contribution in [0.15, 0.2) is 12.2 Å². The molecule has 0 saturated heterocycles. The van der Waals surface area contributed by atoms with Crippen LogP contribution < -0.4 is 0 Å². The van der Waals surface area contributed by atoms with E-state index >= 15 is 0 Å². The number of hydrogen-bond donors (Lipinski definition) is 0. The average Bonchev–Trinajstić information content (AvgIpc) is 2.56. The van der Waals surface area contributed by atoms with Crippen LogP contribution in [0.1, 0.15) is 20.3 Å². The van der Waals surface area contributed by atoms with Gasteiger partial charge in [0.2, 0.25) is 0 Å². The van der Waals surface area contributed by atoms with Gasteiger partial charge in [0.05, 0.1) is 0 Å². The first-order valence-electron chi connectivity index (χ1n) is 4.33. The maximum atomic E-state index is 10.9. The highest BCUT2D eigenvalue weighted by Crippen LogP contribution is 2.54. The molecule has 0 heterocycles. The summed E-state index contributed by atoms with van der Waals surface area (Å²) in [6.45, 7) is 4.29. The monoisotopic (exact) mass is 150 g/mol. The third kappa shape index (κ3) is 0.688. The number of rotatable bonds is 1. The molecule has 2 rings (SSSR count). The number of carbonyl (C=O) groups excluding carboxylic acids is 1. The van der Waals surface area contributed by atoms with Gasteiger partial charge in [0.25, 0.3) is 0 Å². The van der Waals surface area contributed by atoms with Crippen molar-refractivity contribution in [3.8, 4) is 0 Å². The lowest BCUT2D eigenvalue weighted by molar-refractivity contribution is -0.118. The second kappa shape index (κ2) is 1.96. The molecule has 0 spiro atoms. The molecule has 0 aromatic heterocycles. The standard InChI is InChI=1S/C10H14O/c1-7-8-3-4-9(5-8)10(7,2)6-11/h3-4,6-9H,5H2,1-2H3/t7-,8-,9+,10+/m0/s1. The molecule has 0 unspecified atom stereocenters. The zero-order valence-electron chi connectivity index (χ0n) is 7.08. The van der Waals surface area contributed by atoms with Gasteiger partial charge in [-0.05, 0) is 24.2 Å². The first-order valence-corrected chi connectivity index (χ1v) is 4.33. The Kier molecular flexibility index (Phi) is 1.26. The molecule has 0 aromatic rings. The number of allylic oxidation sites excluding steroid dienone is 2. The average molecular weight is 150 g/mol. The predicted octanol–water partition coefficient (Wildman–Crippen LogP) is 2.03. The van der Waals surface area contributed by atoms with Gasteiger partial charge < -0.3 is 4.79 Å². The molecule has 0 amide bonds. The van der Waals surface area contributed by atoms with E-state index in [9.17, 15) is 4.79 Å². The van der Waals surface area contributed by atoms with Crippen molar-refractivity contribution >= 4 is 6.29 Å². The third-order valence-electron chi connectivity index (χ3n) is 3.79. The van der Waals surface area contributed by atoms with E-state index in [1.807, 2.05) is 0 Å². The Morgan fingerprint density at radius 3 is 2.64 bits per heavy atom. The van der Waals surface area contributed by atoms with Gasteiger partial charge in [0, 0.05) is 5.41 Å². The largest absolute Gasteiger partial charge is 0.303 e. The minimum Gasteiger partial charge on any atom is -0.303 e. The lowest BCUT2D eigenvalue weighted by Gasteiger charge is -2.30. The van der Waals surface area contributed by atoms with Gasteiger partial charge >= 0.3 is 0 Å². The van der Waals surface area contributed by atoms with Gasteiger partial charge in [-0.25, -0.2) is 0 Å². The van der Waals surface area contributed by atoms with Crippen LogP contribution in [0.4, 0.5) is 0 Å². The molecular formula is C10H14O. The van der Waals surface area contributed by atoms with E-state index in [0.717, 1.165) is 6.29 Å². The zero-order chi connectivity index (χ0) is 8.06. The van der Waals surface area contributed by atoms with Crippen LogP contribution in [-0.4, -0.2) is 6.29 Å². The van der Waals surface area contributed by atoms with Gasteiger partial charge in [-0.1, -0.05) is 26.0 Å². The highest BCUT2D eigenvalue weighted by atomic mass is 16.1. The fourth-order valence-corrected chi connectivity index (χ4v) is 2.55. The summed E-state index contributed by atoms with van der Waals surface area (Å²) in [5, 5.41) is 0. The summed E-state index contributed by atoms with van der Waals surface area (Å²) >= 11 is 0. The van der Waals surface area contributed by atoms with E-state index in [1.54, 1.807) is 0 Å². The summed E-state index contributed by atoms with van der Waals surface area (Å²) in [7, 11) is 0. The summed E-state index contributed by atoms with van der Waals surface area (Å²) in [6, 6.07) is 0. The molecule has 2 aliphatic rings. The molecule has 4 atom stereocenters. The molecular weight excluding hydrogens is 136 g/mol. The second-order valence-electron chi connectivity index (χ2n) is 4.16. The molecule has 11 heavy (non-hydrogen) atoms. The fraction of sp³-hybridized carbons (Fsp3) is 0.700. The molecule has 1 fully saturated rings. The van der Waals surface area contributed by atoms with Crippen LogP contribution in [0, 0.1) is 23.2 Å². The molecule has 0 N–H and O–H groups in total. The molecule has 1 nitrogen and oxygen atoms in total. The van der Waals surface area contributed by atoms with E-state index in [2.05, 4.69) is 26.0 Å². The van der Waals surface area contributed by atoms with Gasteiger partial charge in [0.1, 0.15) is 6.29 Å². The SMILES string of the molecule is C[C@H]1[C@H]2C=C[C@H](C2)[C@]1(C)C=O. The number of aldehydes is 1. The van der Waals surface area contributed by atoms with Crippen LogP contribution >= 0.6 is 0 Å². The summed E-state index contributed by atoms with van der Waals surface area (Å²) in [5.41, 5.74) is -0.0561. The van der Waals surface area contributed by atoms with Gasteiger partial charge in [0.15, 0.2) is 0 Å². The van der Waals surface area contributed by atoms with E-state index in [0.29, 0.717) is 17.8 Å². The van der Waals surface area contributed by atoms with E-state index in [-0.39, 0.29) is 5.41 Å². The van der Waals surface area contributed by atoms with Crippen molar-refractivity contribution < 1.29 is 4.79 Å². The molecule has 2 bridgehead atoms. The van der Waals surface area contributed by atoms with Crippen LogP contribution in [0.2, 0.25) is 0 Å². The van der Waals surface area contributed by atoms with E-state index < -0.39 is 0 Å². The van der Waals surface area contributed by atoms with Gasteiger partial charge in [-0.3, -0.25) is 0 Å². The Balaban J connectivity index is 2.38. The quantitative estimate of drug-likeness (QED) is 0.413. The second-order valence-corrected chi connectivity index (χ2v) is 4.16. The van der Waals surface area contributed by atoms with Crippen LogP contribution in [0.25, 0.3) is 0 Å². The summed E-state index contributed by atoms with van der Waals surface area (Å²) in [4.78, 5) is 10.9. The van der Waals surface area contributed by atoms with Crippen LogP contribution in [0.5, 0.6) is 0 Å². The number of fused-ring (bicyclic) bond motifs is 2. The predicted molar refractivity (Wildman–Crippen MR) is 44.1 cm³/mol. The first kappa shape index (κ1) is 7.08. The van der Waals surface area contributed by atoms with Gasteiger partial charge in [-0.2, -0.15) is 0 Å². The highest BCUT2D eigenvalue weighted by Gasteiger charge is 2.50. The Morgan fingerprint density at radius 2 is 2.27 bits per heavy atom. The molecule has 60 valence electrons. The Labute approximate surface area is 67.5 Å². The molecule has 0 aliphatic heterocycles. The highest BCUT2D eigenvalue weighted by molar-refractivity contribution is 5.62. The van der Waals surface area contributed by atoms with Crippen molar-refractivity contribution in [3.05, 3.63) is 12.2 Å². The van der Waals surface area contributed by atoms with Crippen molar-refractivity contribution in [1.82, 2.24) is 0 Å². The van der Waals surface area contributed by atoms with Gasteiger partial charge in [-0.15, -0.1) is 0 Å². The lowest BCUT2D eigenvalue weighted by atomic mass is 9.72. The topological polar surface area (TPSA) is 17.1 Å². The Hall–Kier alpha value is -0.590. The van der Waals surface area contributed by atoms with Crippen LogP contribution in [0.3, 0.4) is 0 Å². The molecule has 0 radical (unpaired) electrons. The maximum absolute atomic E-state index is 10.9. The van der Waals surface area contributed by atoms with Crippen molar-refractivity contribution in [2.24, 2.45) is 23.2 Å². The van der Waals surface area contributed by atoms with E-state index in [1.165, 1.54) is 6.42 Å². The molecule has 0 aromatic carbocycles. The van der Waals surface area contributed by atoms with E-state index in [4.69, 9.17) is 0 Å². The summed E-state index contributed by atoms with van der Waals surface area (Å²) in [6.07, 6.45) is 6.86. The lowest BCUT2D eigenvalue weighted by Crippen LogP contribution is -2.30. The van der Waals surface area contributed by atoms with Crippen molar-refractivity contribution in [2.45, 2.75) is 20.3 Å².